The minimum absolute atomic E-state index is 0.214. The van der Waals surface area contributed by atoms with Gasteiger partial charge >= 0.3 is 6.01 Å². The number of anilines is 2. The van der Waals surface area contributed by atoms with Crippen LogP contribution in [0.4, 0.5) is 15.9 Å². The zero-order chi connectivity index (χ0) is 24.6. The van der Waals surface area contributed by atoms with E-state index in [4.69, 9.17) is 20.4 Å². The van der Waals surface area contributed by atoms with Crippen LogP contribution in [0.15, 0.2) is 24.4 Å². The Hall–Kier alpha value is -3.37. The summed E-state index contributed by atoms with van der Waals surface area (Å²) in [4.78, 5) is 21.9. The van der Waals surface area contributed by atoms with Crippen molar-refractivity contribution in [1.29, 1.82) is 0 Å². The fourth-order valence-electron chi connectivity index (χ4n) is 6.15. The number of pyridine rings is 1. The minimum atomic E-state index is -0.282. The van der Waals surface area contributed by atoms with E-state index in [0.29, 0.717) is 24.0 Å². The van der Waals surface area contributed by atoms with E-state index in [0.717, 1.165) is 75.2 Å². The summed E-state index contributed by atoms with van der Waals surface area (Å²) in [6.07, 6.45) is 4.46. The highest BCUT2D eigenvalue weighted by Crippen LogP contribution is 2.48. The van der Waals surface area contributed by atoms with Gasteiger partial charge in [-0.15, -0.1) is 0 Å². The van der Waals surface area contributed by atoms with E-state index in [1.54, 1.807) is 23.6 Å². The summed E-state index contributed by atoms with van der Waals surface area (Å²) in [5, 5.41) is 4.09. The van der Waals surface area contributed by atoms with Gasteiger partial charge in [0.15, 0.2) is 5.75 Å². The van der Waals surface area contributed by atoms with E-state index in [9.17, 15) is 4.39 Å². The van der Waals surface area contributed by atoms with Crippen LogP contribution in [0, 0.1) is 24.6 Å². The van der Waals surface area contributed by atoms with E-state index < -0.39 is 0 Å². The molecule has 0 bridgehead atoms. The monoisotopic (exact) mass is 503 g/mol. The lowest BCUT2D eigenvalue weighted by molar-refractivity contribution is 0.439. The highest BCUT2D eigenvalue weighted by molar-refractivity contribution is 7.18. The third kappa shape index (κ3) is 3.42. The van der Waals surface area contributed by atoms with Crippen molar-refractivity contribution in [2.24, 2.45) is 17.6 Å². The first-order valence-corrected chi connectivity index (χ1v) is 13.1. The number of rotatable bonds is 4. The van der Waals surface area contributed by atoms with E-state index >= 15 is 0 Å². The Kier molecular flexibility index (Phi) is 4.91. The molecule has 0 radical (unpaired) electrons. The molecule has 0 unspecified atom stereocenters. The lowest BCUT2D eigenvalue weighted by Crippen LogP contribution is -2.30. The molecule has 2 fully saturated rings. The molecule has 3 atom stereocenters. The van der Waals surface area contributed by atoms with Crippen LogP contribution in [0.1, 0.15) is 29.1 Å². The number of nitrogens with two attached hydrogens (primary N) is 1. The summed E-state index contributed by atoms with van der Waals surface area (Å²) >= 11 is 1.55. The third-order valence-electron chi connectivity index (χ3n) is 7.79. The van der Waals surface area contributed by atoms with Crippen LogP contribution in [-0.2, 0) is 6.42 Å². The molecule has 2 aliphatic carbocycles. The first kappa shape index (κ1) is 21.9. The molecule has 1 saturated carbocycles. The summed E-state index contributed by atoms with van der Waals surface area (Å²) in [5.74, 6) is 2.05. The topological polar surface area (TPSA) is 102 Å². The van der Waals surface area contributed by atoms with Gasteiger partial charge in [-0.2, -0.15) is 9.97 Å². The molecular formula is C26H26FN7OS. The fourth-order valence-corrected chi connectivity index (χ4v) is 6.88. The number of halogens is 1. The molecule has 10 heteroatoms. The molecule has 36 heavy (non-hydrogen) atoms. The lowest BCUT2D eigenvalue weighted by Gasteiger charge is -2.23. The minimum Gasteiger partial charge on any atom is -0.423 e. The number of hydrogen-bond donors (Lipinski definition) is 2. The molecule has 184 valence electrons. The summed E-state index contributed by atoms with van der Waals surface area (Å²) < 4.78 is 20.8. The number of benzene rings is 1. The second kappa shape index (κ2) is 8.07. The van der Waals surface area contributed by atoms with Crippen LogP contribution in [-0.4, -0.2) is 46.1 Å². The largest absolute Gasteiger partial charge is 0.423 e. The van der Waals surface area contributed by atoms with Gasteiger partial charge in [-0.25, -0.2) is 14.4 Å². The Labute approximate surface area is 211 Å². The normalized spacial score (nSPS) is 22.1. The molecule has 1 aliphatic heterocycles. The van der Waals surface area contributed by atoms with Gasteiger partial charge in [-0.3, -0.25) is 0 Å². The number of nitrogens with zero attached hydrogens (tertiary/aromatic N) is 5. The standard InChI is InChI=1S/C26H26FN7OS/c1-12-31-22-7-15(9-30-25(22)36-12)35-26-32-21-8-16-17(5-14(27)6-20(16)29-2)23(21)24(33-26)34-10-13-3-4-19(28)18(13)11-34/h5-7,9,13,18-19,29H,3-4,8,10-11,28H2,1-2H3/t13-,18+,19-/m1/s1. The predicted molar refractivity (Wildman–Crippen MR) is 138 cm³/mol. The second-order valence-corrected chi connectivity index (χ2v) is 11.1. The van der Waals surface area contributed by atoms with Crippen molar-refractivity contribution in [3.63, 3.8) is 0 Å². The van der Waals surface area contributed by atoms with Gasteiger partial charge in [-0.1, -0.05) is 11.3 Å². The van der Waals surface area contributed by atoms with Gasteiger partial charge in [0.1, 0.15) is 22.0 Å². The summed E-state index contributed by atoms with van der Waals surface area (Å²) in [5.41, 5.74) is 11.6. The van der Waals surface area contributed by atoms with Crippen molar-refractivity contribution < 1.29 is 9.13 Å². The molecule has 0 spiro atoms. The molecule has 3 aliphatic rings. The van der Waals surface area contributed by atoms with E-state index in [2.05, 4.69) is 20.2 Å². The Morgan fingerprint density at radius 1 is 1.17 bits per heavy atom. The SMILES string of the molecule is CNc1cc(F)cc2c1Cc1nc(Oc3cnc4sc(C)nc4c3)nc(N3C[C@H]4CC[C@@H](N)[C@H]4C3)c1-2. The molecule has 8 nitrogen and oxygen atoms in total. The third-order valence-corrected chi connectivity index (χ3v) is 8.69. The Bertz CT molecular complexity index is 1520. The van der Waals surface area contributed by atoms with Crippen LogP contribution < -0.4 is 20.7 Å². The lowest BCUT2D eigenvalue weighted by atomic mass is 9.98. The zero-order valence-corrected chi connectivity index (χ0v) is 20.9. The van der Waals surface area contributed by atoms with Gasteiger partial charge in [0.2, 0.25) is 0 Å². The average molecular weight is 504 g/mol. The number of aromatic nitrogens is 4. The van der Waals surface area contributed by atoms with Crippen molar-refractivity contribution in [3.8, 4) is 22.9 Å². The molecular weight excluding hydrogens is 477 g/mol. The van der Waals surface area contributed by atoms with Gasteiger partial charge in [0.25, 0.3) is 0 Å². The molecule has 4 aromatic rings. The average Bonchev–Trinajstić information content (AvgIpc) is 3.60. The van der Waals surface area contributed by atoms with Crippen molar-refractivity contribution in [3.05, 3.63) is 46.5 Å². The van der Waals surface area contributed by atoms with Crippen molar-refractivity contribution in [2.45, 2.75) is 32.2 Å². The highest BCUT2D eigenvalue weighted by Gasteiger charge is 2.43. The summed E-state index contributed by atoms with van der Waals surface area (Å²) in [6, 6.07) is 5.47. The smallest absolute Gasteiger partial charge is 0.324 e. The van der Waals surface area contributed by atoms with Gasteiger partial charge in [0, 0.05) is 49.9 Å². The number of ether oxygens (including phenoxy) is 1. The van der Waals surface area contributed by atoms with Crippen LogP contribution in [0.2, 0.25) is 0 Å². The number of hydrogen-bond acceptors (Lipinski definition) is 9. The number of nitrogens with one attached hydrogen (secondary N) is 1. The number of thiazole rings is 1. The predicted octanol–water partition coefficient (Wildman–Crippen LogP) is 4.51. The molecule has 1 aromatic carbocycles. The highest BCUT2D eigenvalue weighted by atomic mass is 32.1. The van der Waals surface area contributed by atoms with Crippen molar-refractivity contribution >= 4 is 33.2 Å². The number of fused-ring (bicyclic) bond motifs is 5. The number of aryl methyl sites for hydroxylation is 1. The van der Waals surface area contributed by atoms with E-state index in [-0.39, 0.29) is 17.9 Å². The first-order chi connectivity index (χ1) is 17.5. The quantitative estimate of drug-likeness (QED) is 0.369. The van der Waals surface area contributed by atoms with Crippen LogP contribution in [0.3, 0.4) is 0 Å². The molecule has 3 aromatic heterocycles. The molecule has 1 saturated heterocycles. The van der Waals surface area contributed by atoms with Crippen LogP contribution in [0.25, 0.3) is 21.5 Å². The van der Waals surface area contributed by atoms with Crippen molar-refractivity contribution in [2.75, 3.05) is 30.4 Å². The fraction of sp³-hybridized carbons (Fsp3) is 0.385. The van der Waals surface area contributed by atoms with Crippen molar-refractivity contribution in [1.82, 2.24) is 19.9 Å². The van der Waals surface area contributed by atoms with E-state index in [1.807, 2.05) is 20.0 Å². The first-order valence-electron chi connectivity index (χ1n) is 12.3. The Morgan fingerprint density at radius 2 is 2.06 bits per heavy atom. The Balaban J connectivity index is 1.33. The zero-order valence-electron chi connectivity index (χ0n) is 20.1. The van der Waals surface area contributed by atoms with Gasteiger partial charge in [-0.05, 0) is 54.9 Å². The molecule has 4 heterocycles. The molecule has 7 rings (SSSR count). The maximum atomic E-state index is 14.6. The molecule has 3 N–H and O–H groups in total. The van der Waals surface area contributed by atoms with Gasteiger partial charge in [0.05, 0.1) is 16.9 Å². The maximum Gasteiger partial charge on any atom is 0.324 e. The summed E-state index contributed by atoms with van der Waals surface area (Å²) in [7, 11) is 1.81. The molecule has 0 amide bonds. The van der Waals surface area contributed by atoms with Crippen LogP contribution >= 0.6 is 11.3 Å². The van der Waals surface area contributed by atoms with E-state index in [1.165, 1.54) is 6.07 Å². The maximum absolute atomic E-state index is 14.6. The van der Waals surface area contributed by atoms with Crippen LogP contribution in [0.5, 0.6) is 11.8 Å². The Morgan fingerprint density at radius 3 is 2.89 bits per heavy atom. The van der Waals surface area contributed by atoms with Gasteiger partial charge < -0.3 is 20.7 Å². The second-order valence-electron chi connectivity index (χ2n) is 9.96. The summed E-state index contributed by atoms with van der Waals surface area (Å²) in [6.45, 7) is 3.68.